The third-order valence-electron chi connectivity index (χ3n) is 8.33. The summed E-state index contributed by atoms with van der Waals surface area (Å²) in [4.78, 5) is 0. The summed E-state index contributed by atoms with van der Waals surface area (Å²) in [5.41, 5.74) is 5.89. The van der Waals surface area contributed by atoms with Gasteiger partial charge in [0.25, 0.3) is 5.95 Å². The maximum Gasteiger partial charge on any atom is 0.271 e. The van der Waals surface area contributed by atoms with Crippen LogP contribution >= 0.6 is 0 Å². The Balaban J connectivity index is 1.34. The van der Waals surface area contributed by atoms with E-state index in [0.717, 1.165) is 73.7 Å². The van der Waals surface area contributed by atoms with Crippen molar-refractivity contribution in [3.63, 3.8) is 0 Å². The number of aromatic amines is 1. The van der Waals surface area contributed by atoms with Crippen LogP contribution in [0.2, 0.25) is 0 Å². The lowest BCUT2D eigenvalue weighted by molar-refractivity contribution is 0.297. The van der Waals surface area contributed by atoms with E-state index in [1.54, 1.807) is 0 Å². The molecule has 3 heterocycles. The fraction of sp³-hybridized carbons (Fsp3) is 0.581. The van der Waals surface area contributed by atoms with Crippen molar-refractivity contribution in [2.24, 2.45) is 0 Å². The maximum atomic E-state index is 6.34. The van der Waals surface area contributed by atoms with E-state index in [9.17, 15) is 0 Å². The average molecular weight is 534 g/mol. The molecule has 3 aromatic heterocycles. The topological polar surface area (TPSA) is 85.1 Å². The van der Waals surface area contributed by atoms with Crippen LogP contribution in [0.25, 0.3) is 11.6 Å². The lowest BCUT2D eigenvalue weighted by Gasteiger charge is -2.30. The first-order valence-electron chi connectivity index (χ1n) is 14.7. The molecule has 0 aliphatic heterocycles. The quantitative estimate of drug-likeness (QED) is 0.170. The van der Waals surface area contributed by atoms with E-state index in [1.165, 1.54) is 11.1 Å². The number of aromatic nitrogens is 6. The first-order chi connectivity index (χ1) is 18.6. The first kappa shape index (κ1) is 28.7. The summed E-state index contributed by atoms with van der Waals surface area (Å²) in [6.07, 6.45) is 5.93. The minimum Gasteiger partial charge on any atom is -0.493 e. The molecule has 2 N–H and O–H groups in total. The van der Waals surface area contributed by atoms with Gasteiger partial charge in [0.05, 0.1) is 12.3 Å². The smallest absolute Gasteiger partial charge is 0.271 e. The molecule has 8 nitrogen and oxygen atoms in total. The Labute approximate surface area is 233 Å². The van der Waals surface area contributed by atoms with Crippen molar-refractivity contribution < 1.29 is 4.74 Å². The van der Waals surface area contributed by atoms with Crippen LogP contribution in [0.1, 0.15) is 104 Å². The van der Waals surface area contributed by atoms with Gasteiger partial charge >= 0.3 is 0 Å². The van der Waals surface area contributed by atoms with Gasteiger partial charge in [-0.15, -0.1) is 10.2 Å². The summed E-state index contributed by atoms with van der Waals surface area (Å²) in [6, 6.07) is 10.9. The second kappa shape index (κ2) is 11.8. The predicted molar refractivity (Wildman–Crippen MR) is 160 cm³/mol. The van der Waals surface area contributed by atoms with Gasteiger partial charge in [-0.05, 0) is 67.1 Å². The Kier molecular flexibility index (Phi) is 8.72. The van der Waals surface area contributed by atoms with Gasteiger partial charge in [-0.25, -0.2) is 4.68 Å². The molecule has 0 fully saturated rings. The fourth-order valence-corrected chi connectivity index (χ4v) is 4.70. The van der Waals surface area contributed by atoms with Crippen molar-refractivity contribution in [3.8, 4) is 11.7 Å². The summed E-state index contributed by atoms with van der Waals surface area (Å²) in [7, 11) is 0. The van der Waals surface area contributed by atoms with Crippen molar-refractivity contribution >= 4 is 11.5 Å². The lowest BCUT2D eigenvalue weighted by atomic mass is 9.76. The van der Waals surface area contributed by atoms with Crippen LogP contribution in [0.15, 0.2) is 30.3 Å². The van der Waals surface area contributed by atoms with Crippen molar-refractivity contribution in [1.82, 2.24) is 29.6 Å². The average Bonchev–Trinajstić information content (AvgIpc) is 3.64. The van der Waals surface area contributed by atoms with Crippen molar-refractivity contribution in [1.29, 1.82) is 0 Å². The molecule has 0 spiro atoms. The summed E-state index contributed by atoms with van der Waals surface area (Å²) in [5.74, 6) is 2.62. The highest BCUT2D eigenvalue weighted by Gasteiger charge is 2.26. The SMILES string of the molecule is CCc1cc(CC)n(-c2nnc3cc(NCCCCOc4ccc(C(C)(C)CC)cc4C(C)(C)CC)[nH]n23)n1. The van der Waals surface area contributed by atoms with Crippen LogP contribution in [0, 0.1) is 0 Å². The number of fused-ring (bicyclic) bond motifs is 1. The Morgan fingerprint density at radius 2 is 1.67 bits per heavy atom. The molecule has 0 unspecified atom stereocenters. The largest absolute Gasteiger partial charge is 0.493 e. The number of benzene rings is 1. The highest BCUT2D eigenvalue weighted by molar-refractivity contribution is 5.52. The van der Waals surface area contributed by atoms with E-state index < -0.39 is 0 Å². The molecule has 1 aromatic carbocycles. The van der Waals surface area contributed by atoms with Crippen molar-refractivity contribution in [3.05, 3.63) is 52.8 Å². The number of rotatable bonds is 14. The van der Waals surface area contributed by atoms with Gasteiger partial charge in [0.15, 0.2) is 5.65 Å². The van der Waals surface area contributed by atoms with Gasteiger partial charge in [0.2, 0.25) is 0 Å². The number of hydrogen-bond acceptors (Lipinski definition) is 5. The van der Waals surface area contributed by atoms with Gasteiger partial charge in [-0.1, -0.05) is 67.5 Å². The van der Waals surface area contributed by atoms with Gasteiger partial charge < -0.3 is 10.1 Å². The van der Waals surface area contributed by atoms with E-state index in [-0.39, 0.29) is 10.8 Å². The van der Waals surface area contributed by atoms with Crippen LogP contribution < -0.4 is 10.1 Å². The normalized spacial score (nSPS) is 12.4. The van der Waals surface area contributed by atoms with Crippen molar-refractivity contribution in [2.75, 3.05) is 18.5 Å². The summed E-state index contributed by atoms with van der Waals surface area (Å²) in [6.45, 7) is 19.6. The van der Waals surface area contributed by atoms with Gasteiger partial charge in [0, 0.05) is 23.9 Å². The summed E-state index contributed by atoms with van der Waals surface area (Å²) in [5, 5.41) is 20.3. The zero-order chi connectivity index (χ0) is 28.2. The van der Waals surface area contributed by atoms with Crippen LogP contribution in [-0.4, -0.2) is 42.7 Å². The third kappa shape index (κ3) is 6.15. The monoisotopic (exact) mass is 533 g/mol. The van der Waals surface area contributed by atoms with Crippen molar-refractivity contribution in [2.45, 2.75) is 105 Å². The van der Waals surface area contributed by atoms with E-state index in [1.807, 2.05) is 15.3 Å². The second-order valence-corrected chi connectivity index (χ2v) is 11.8. The molecule has 0 aliphatic carbocycles. The molecule has 212 valence electrons. The highest BCUT2D eigenvalue weighted by atomic mass is 16.5. The Morgan fingerprint density at radius 1 is 0.897 bits per heavy atom. The molecule has 0 atom stereocenters. The molecular weight excluding hydrogens is 486 g/mol. The number of aryl methyl sites for hydroxylation is 2. The standard InChI is InChI=1S/C31H47N7O/c1-9-23-20-24(10-2)37(35-23)29-34-33-28-21-27(36-38(28)29)32-17-13-14-18-39-26-16-15-22(30(5,6)11-3)19-25(26)31(7,8)12-4/h15-16,19-21,32,36H,9-14,17-18H2,1-8H3. The molecule has 39 heavy (non-hydrogen) atoms. The predicted octanol–water partition coefficient (Wildman–Crippen LogP) is 7.01. The van der Waals surface area contributed by atoms with Gasteiger partial charge in [-0.2, -0.15) is 9.61 Å². The van der Waals surface area contributed by atoms with E-state index in [4.69, 9.17) is 9.84 Å². The molecule has 0 saturated heterocycles. The Bertz CT molecular complexity index is 1380. The van der Waals surface area contributed by atoms with Crippen LogP contribution in [0.3, 0.4) is 0 Å². The fourth-order valence-electron chi connectivity index (χ4n) is 4.70. The second-order valence-electron chi connectivity index (χ2n) is 11.8. The molecule has 0 radical (unpaired) electrons. The number of unbranched alkanes of at least 4 members (excludes halogenated alkanes) is 1. The van der Waals surface area contributed by atoms with E-state index in [2.05, 4.69) is 100 Å². The molecule has 0 saturated carbocycles. The molecule has 0 amide bonds. The van der Waals surface area contributed by atoms with Gasteiger partial charge in [-0.3, -0.25) is 5.10 Å². The molecule has 0 bridgehead atoms. The zero-order valence-corrected chi connectivity index (χ0v) is 25.2. The van der Waals surface area contributed by atoms with Crippen LogP contribution in [0.4, 0.5) is 5.82 Å². The van der Waals surface area contributed by atoms with Crippen LogP contribution in [0.5, 0.6) is 5.75 Å². The Morgan fingerprint density at radius 3 is 2.36 bits per heavy atom. The number of hydrogen-bond donors (Lipinski definition) is 2. The molecule has 4 rings (SSSR count). The number of nitrogens with one attached hydrogen (secondary N) is 2. The number of anilines is 1. The highest BCUT2D eigenvalue weighted by Crippen LogP contribution is 2.38. The molecule has 4 aromatic rings. The molecule has 8 heteroatoms. The lowest BCUT2D eigenvalue weighted by Crippen LogP contribution is -2.21. The maximum absolute atomic E-state index is 6.34. The summed E-state index contributed by atoms with van der Waals surface area (Å²) >= 11 is 0. The molecule has 0 aliphatic rings. The van der Waals surface area contributed by atoms with Gasteiger partial charge in [0.1, 0.15) is 11.6 Å². The third-order valence-corrected chi connectivity index (χ3v) is 8.33. The number of nitrogens with zero attached hydrogens (tertiary/aromatic N) is 5. The number of ether oxygens (including phenoxy) is 1. The van der Waals surface area contributed by atoms with E-state index in [0.29, 0.717) is 12.6 Å². The summed E-state index contributed by atoms with van der Waals surface area (Å²) < 4.78 is 10.1. The zero-order valence-electron chi connectivity index (χ0n) is 25.2. The van der Waals surface area contributed by atoms with Crippen LogP contribution in [-0.2, 0) is 23.7 Å². The molecular formula is C31H47N7O. The number of H-pyrrole nitrogens is 1. The minimum atomic E-state index is 0.0712. The Hall–Kier alpha value is -3.29. The first-order valence-corrected chi connectivity index (χ1v) is 14.7. The minimum absolute atomic E-state index is 0.0712. The van der Waals surface area contributed by atoms with E-state index >= 15 is 0 Å².